The van der Waals surface area contributed by atoms with E-state index in [1.807, 2.05) is 9.80 Å². The number of hydrogen-bond donors (Lipinski definition) is 0. The lowest BCUT2D eigenvalue weighted by atomic mass is 10.0. The molecule has 0 unspecified atom stereocenters. The molecule has 10 nitrogen and oxygen atoms in total. The number of benzene rings is 8. The maximum atomic E-state index is 15.5. The first-order chi connectivity index (χ1) is 37.3. The van der Waals surface area contributed by atoms with Gasteiger partial charge < -0.3 is 38.5 Å². The van der Waals surface area contributed by atoms with Gasteiger partial charge >= 0.3 is 0 Å². The summed E-state index contributed by atoms with van der Waals surface area (Å²) in [5, 5.41) is 4.64. The predicted octanol–water partition coefficient (Wildman–Crippen LogP) is 14.4. The minimum Gasteiger partial charge on any atom is -0.350 e. The predicted molar refractivity (Wildman–Crippen MR) is 303 cm³/mol. The van der Waals surface area contributed by atoms with Crippen LogP contribution in [-0.2, 0) is 28.5 Å². The van der Waals surface area contributed by atoms with Crippen LogP contribution >= 0.6 is 0 Å². The largest absolute Gasteiger partial charge is 0.350 e. The fourth-order valence-corrected chi connectivity index (χ4v) is 11.2. The van der Waals surface area contributed by atoms with Crippen molar-refractivity contribution < 1.29 is 28.5 Å². The summed E-state index contributed by atoms with van der Waals surface area (Å²) in [7, 11) is 0. The molecule has 382 valence electrons. The van der Waals surface area contributed by atoms with Crippen molar-refractivity contribution in [3.63, 3.8) is 0 Å². The summed E-state index contributed by atoms with van der Waals surface area (Å²) < 4.78 is 23.1. The van der Waals surface area contributed by atoms with Crippen molar-refractivity contribution in [1.82, 2.24) is 9.80 Å². The summed E-state index contributed by atoms with van der Waals surface area (Å²) in [5.74, 6) is -0.333. The zero-order valence-electron chi connectivity index (χ0n) is 43.2. The highest BCUT2D eigenvalue weighted by molar-refractivity contribution is 6.30. The van der Waals surface area contributed by atoms with Crippen LogP contribution < -0.4 is 9.80 Å². The SMILES string of the molecule is Cc1ccc(N(c2ccc(C3=C4C(=O)N(CCCCC5OCCO5)C(c5ccc(N(c6ccc(C)cc6)c6ccc7ccccc7c6)cc5)=C4C(=O)N3CCCCC3OCCO3)cc2)c2ccc3ccccc3c2)cc1. The van der Waals surface area contributed by atoms with Crippen LogP contribution in [-0.4, -0.2) is 73.7 Å². The van der Waals surface area contributed by atoms with Gasteiger partial charge in [-0.15, -0.1) is 0 Å². The summed E-state index contributed by atoms with van der Waals surface area (Å²) in [6, 6.07) is 63.8. The first-order valence-electron chi connectivity index (χ1n) is 26.9. The fourth-order valence-electron chi connectivity index (χ4n) is 11.2. The van der Waals surface area contributed by atoms with E-state index in [1.165, 1.54) is 21.9 Å². The van der Waals surface area contributed by atoms with Crippen LogP contribution in [0.1, 0.15) is 60.8 Å². The monoisotopic (exact) mass is 1010 g/mol. The summed E-state index contributed by atoms with van der Waals surface area (Å²) in [5.41, 5.74) is 12.1. The third kappa shape index (κ3) is 9.93. The number of nitrogens with zero attached hydrogens (tertiary/aromatic N) is 4. The molecule has 2 amide bonds. The quantitative estimate of drug-likeness (QED) is 0.0786. The smallest absolute Gasteiger partial charge is 0.261 e. The summed E-state index contributed by atoms with van der Waals surface area (Å²) >= 11 is 0. The number of unbranched alkanes of at least 4 members (excludes halogenated alkanes) is 2. The molecule has 8 aromatic rings. The van der Waals surface area contributed by atoms with Gasteiger partial charge in [0.25, 0.3) is 11.8 Å². The molecule has 4 heterocycles. The van der Waals surface area contributed by atoms with Crippen molar-refractivity contribution >= 4 is 78.9 Å². The molecule has 4 aliphatic heterocycles. The number of amides is 2. The van der Waals surface area contributed by atoms with Gasteiger partial charge in [-0.3, -0.25) is 9.59 Å². The zero-order chi connectivity index (χ0) is 51.5. The number of carbonyl (C=O) groups excluding carboxylic acids is 2. The maximum Gasteiger partial charge on any atom is 0.261 e. The number of carbonyl (C=O) groups is 2. The van der Waals surface area contributed by atoms with Gasteiger partial charge in [0.05, 0.1) is 49.0 Å². The lowest BCUT2D eigenvalue weighted by Gasteiger charge is -2.28. The molecule has 0 bridgehead atoms. The summed E-state index contributed by atoms with van der Waals surface area (Å²) in [6.07, 6.45) is 3.99. The van der Waals surface area contributed by atoms with Gasteiger partial charge in [-0.2, -0.15) is 0 Å². The van der Waals surface area contributed by atoms with E-state index in [1.54, 1.807) is 0 Å². The minimum absolute atomic E-state index is 0.167. The molecule has 0 N–H and O–H groups in total. The van der Waals surface area contributed by atoms with Crippen LogP contribution in [0, 0.1) is 13.8 Å². The van der Waals surface area contributed by atoms with Gasteiger partial charge in [-0.05, 0) is 158 Å². The van der Waals surface area contributed by atoms with Gasteiger partial charge in [0.1, 0.15) is 0 Å². The van der Waals surface area contributed by atoms with Crippen molar-refractivity contribution in [2.45, 2.75) is 65.0 Å². The molecule has 0 saturated carbocycles. The van der Waals surface area contributed by atoms with Crippen LogP contribution in [0.25, 0.3) is 32.9 Å². The number of ether oxygens (including phenoxy) is 4. The first kappa shape index (κ1) is 49.0. The van der Waals surface area contributed by atoms with E-state index < -0.39 is 0 Å². The second-order valence-electron chi connectivity index (χ2n) is 20.2. The van der Waals surface area contributed by atoms with Gasteiger partial charge in [0.2, 0.25) is 0 Å². The highest BCUT2D eigenvalue weighted by Crippen LogP contribution is 2.48. The number of rotatable bonds is 18. The molecule has 2 fully saturated rings. The Morgan fingerprint density at radius 2 is 0.724 bits per heavy atom. The van der Waals surface area contributed by atoms with Crippen LogP contribution in [0.4, 0.5) is 34.1 Å². The minimum atomic E-state index is -0.236. The first-order valence-corrected chi connectivity index (χ1v) is 26.9. The Hall–Kier alpha value is -7.86. The number of aryl methyl sites for hydroxylation is 2. The Balaban J connectivity index is 0.949. The number of hydrogen-bond acceptors (Lipinski definition) is 8. The maximum absolute atomic E-state index is 15.5. The van der Waals surface area contributed by atoms with E-state index in [9.17, 15) is 0 Å². The molecule has 4 aliphatic rings. The Morgan fingerprint density at radius 3 is 1.09 bits per heavy atom. The van der Waals surface area contributed by atoms with Crippen molar-refractivity contribution in [2.75, 3.05) is 49.3 Å². The van der Waals surface area contributed by atoms with E-state index in [0.717, 1.165) is 81.7 Å². The van der Waals surface area contributed by atoms with E-state index in [-0.39, 0.29) is 24.4 Å². The highest BCUT2D eigenvalue weighted by Gasteiger charge is 2.48. The van der Waals surface area contributed by atoms with Gasteiger partial charge in [0, 0.05) is 47.2 Å². The molecule has 12 rings (SSSR count). The van der Waals surface area contributed by atoms with Crippen LogP contribution in [0.3, 0.4) is 0 Å². The van der Waals surface area contributed by atoms with Gasteiger partial charge in [0.15, 0.2) is 12.6 Å². The van der Waals surface area contributed by atoms with Crippen molar-refractivity contribution in [3.05, 3.63) is 215 Å². The highest BCUT2D eigenvalue weighted by atomic mass is 16.7. The van der Waals surface area contributed by atoms with E-state index in [2.05, 4.69) is 206 Å². The standard InChI is InChI=1S/C66H62N4O6/c1-45-17-27-53(28-18-45)69(57-35-21-47-11-3-5-13-51(47)43-57)55-31-23-49(24-32-55)63-61-62(66(72)67(63)37-9-7-15-59-73-39-40-74-59)64(68(65(61)71)38-10-8-16-60-75-41-42-76-60)50-25-33-56(34-26-50)70(54-29-19-46(2)20-30-54)58-36-22-48-12-4-6-14-52(48)44-58/h3-6,11-14,17-36,43-44,59-60H,7-10,15-16,37-42H2,1-2H3. The number of fused-ring (bicyclic) bond motifs is 3. The zero-order valence-corrected chi connectivity index (χ0v) is 43.2. The number of anilines is 6. The normalized spacial score (nSPS) is 16.1. The molecule has 0 atom stereocenters. The molecule has 10 heteroatoms. The Labute approximate surface area is 445 Å². The van der Waals surface area contributed by atoms with E-state index >= 15 is 9.59 Å². The molecule has 0 spiro atoms. The van der Waals surface area contributed by atoms with E-state index in [0.29, 0.717) is 74.9 Å². The van der Waals surface area contributed by atoms with Crippen molar-refractivity contribution in [2.24, 2.45) is 0 Å². The second-order valence-corrected chi connectivity index (χ2v) is 20.2. The fraction of sp³-hybridized carbons (Fsp3) is 0.242. The van der Waals surface area contributed by atoms with Crippen LogP contribution in [0.2, 0.25) is 0 Å². The molecule has 76 heavy (non-hydrogen) atoms. The van der Waals surface area contributed by atoms with Crippen LogP contribution in [0.15, 0.2) is 193 Å². The molecular formula is C66H62N4O6. The third-order valence-corrected chi connectivity index (χ3v) is 15.1. The third-order valence-electron chi connectivity index (χ3n) is 15.1. The Kier molecular flexibility index (Phi) is 14.1. The topological polar surface area (TPSA) is 84.0 Å². The average Bonchev–Trinajstić information content (AvgIpc) is 4.35. The summed E-state index contributed by atoms with van der Waals surface area (Å²) in [6.45, 7) is 7.43. The van der Waals surface area contributed by atoms with E-state index in [4.69, 9.17) is 18.9 Å². The average molecular weight is 1010 g/mol. The van der Waals surface area contributed by atoms with Crippen molar-refractivity contribution in [3.8, 4) is 0 Å². The second kappa shape index (κ2) is 21.8. The lowest BCUT2D eigenvalue weighted by Crippen LogP contribution is -2.31. The molecule has 0 radical (unpaired) electrons. The molecular weight excluding hydrogens is 945 g/mol. The Bertz CT molecular complexity index is 3240. The lowest BCUT2D eigenvalue weighted by molar-refractivity contribution is -0.124. The van der Waals surface area contributed by atoms with Crippen LogP contribution in [0.5, 0.6) is 0 Å². The molecule has 8 aromatic carbocycles. The molecule has 2 saturated heterocycles. The summed E-state index contributed by atoms with van der Waals surface area (Å²) in [4.78, 5) is 39.2. The molecule has 0 aliphatic carbocycles. The van der Waals surface area contributed by atoms with Crippen molar-refractivity contribution in [1.29, 1.82) is 0 Å². The molecule has 0 aromatic heterocycles. The van der Waals surface area contributed by atoms with Gasteiger partial charge in [-0.25, -0.2) is 0 Å². The Morgan fingerprint density at radius 1 is 0.395 bits per heavy atom. The van der Waals surface area contributed by atoms with Gasteiger partial charge in [-0.1, -0.05) is 120 Å².